The number of hydrogen-bond donors (Lipinski definition) is 0. The van der Waals surface area contributed by atoms with Gasteiger partial charge in [0.05, 0.1) is 10.7 Å². The van der Waals surface area contributed by atoms with Crippen molar-refractivity contribution in [2.75, 3.05) is 0 Å². The fourth-order valence-electron chi connectivity index (χ4n) is 2.56. The van der Waals surface area contributed by atoms with Gasteiger partial charge in [-0.2, -0.15) is 0 Å². The van der Waals surface area contributed by atoms with Crippen LogP contribution in [0.2, 0.25) is 0 Å². The lowest BCUT2D eigenvalue weighted by atomic mass is 10.2. The second-order valence-corrected chi connectivity index (χ2v) is 5.64. The van der Waals surface area contributed by atoms with Crippen LogP contribution in [0.1, 0.15) is 5.56 Å². The van der Waals surface area contributed by atoms with Gasteiger partial charge in [0.1, 0.15) is 5.69 Å². The van der Waals surface area contributed by atoms with E-state index < -0.39 is 0 Å². The summed E-state index contributed by atoms with van der Waals surface area (Å²) in [6, 6.07) is 28.3. The van der Waals surface area contributed by atoms with Gasteiger partial charge in [0.2, 0.25) is 0 Å². The van der Waals surface area contributed by atoms with Crippen molar-refractivity contribution in [3.05, 3.63) is 90.5 Å². The number of para-hydroxylation sites is 1. The summed E-state index contributed by atoms with van der Waals surface area (Å²) < 4.78 is 0. The van der Waals surface area contributed by atoms with Gasteiger partial charge in [0, 0.05) is 4.80 Å². The summed E-state index contributed by atoms with van der Waals surface area (Å²) in [5, 5.41) is 9.44. The van der Waals surface area contributed by atoms with Gasteiger partial charge in [0.25, 0.3) is 0 Å². The first-order valence-electron chi connectivity index (χ1n) is 7.89. The molecule has 0 bridgehead atoms. The molecule has 0 saturated heterocycles. The zero-order valence-electron chi connectivity index (χ0n) is 13.4. The Morgan fingerprint density at radius 1 is 0.750 bits per heavy atom. The molecule has 4 rings (SSSR count). The first-order valence-corrected chi connectivity index (χ1v) is 7.89. The summed E-state index contributed by atoms with van der Waals surface area (Å²) >= 11 is 0. The second kappa shape index (κ2) is 6.08. The lowest BCUT2D eigenvalue weighted by molar-refractivity contribution is -0.734. The lowest BCUT2D eigenvalue weighted by Crippen LogP contribution is -2.43. The Bertz CT molecular complexity index is 942. The van der Waals surface area contributed by atoms with Gasteiger partial charge in [-0.15, -0.1) is 0 Å². The van der Waals surface area contributed by atoms with Gasteiger partial charge >= 0.3 is 5.82 Å². The van der Waals surface area contributed by atoms with Crippen LogP contribution in [-0.4, -0.2) is 15.0 Å². The van der Waals surface area contributed by atoms with E-state index in [9.17, 15) is 0 Å². The van der Waals surface area contributed by atoms with E-state index in [2.05, 4.69) is 31.2 Å². The molecule has 0 spiro atoms. The Hall–Kier alpha value is -3.27. The molecule has 1 heterocycles. The van der Waals surface area contributed by atoms with Gasteiger partial charge in [-0.25, -0.2) is 0 Å². The Balaban J connectivity index is 1.90. The third-order valence-electron chi connectivity index (χ3n) is 3.84. The van der Waals surface area contributed by atoms with Crippen LogP contribution in [0.25, 0.3) is 22.8 Å². The van der Waals surface area contributed by atoms with Crippen molar-refractivity contribution in [2.24, 2.45) is 0 Å². The summed E-state index contributed by atoms with van der Waals surface area (Å²) in [5.41, 5.74) is 4.15. The molecule has 4 nitrogen and oxygen atoms in total. The van der Waals surface area contributed by atoms with E-state index in [1.165, 1.54) is 5.56 Å². The van der Waals surface area contributed by atoms with E-state index in [0.29, 0.717) is 5.82 Å². The zero-order chi connectivity index (χ0) is 16.4. The lowest BCUT2D eigenvalue weighted by Gasteiger charge is -1.99. The van der Waals surface area contributed by atoms with Gasteiger partial charge in [-0.3, -0.25) is 0 Å². The van der Waals surface area contributed by atoms with Crippen molar-refractivity contribution in [3.8, 4) is 22.8 Å². The van der Waals surface area contributed by atoms with Crippen LogP contribution in [0.5, 0.6) is 0 Å². The first kappa shape index (κ1) is 14.3. The quantitative estimate of drug-likeness (QED) is 0.542. The summed E-state index contributed by atoms with van der Waals surface area (Å²) in [6.45, 7) is 2.08. The zero-order valence-corrected chi connectivity index (χ0v) is 13.4. The van der Waals surface area contributed by atoms with E-state index in [0.717, 1.165) is 16.9 Å². The topological polar surface area (TPSA) is 34.6 Å². The molecule has 4 aromatic rings. The molecule has 0 saturated carbocycles. The van der Waals surface area contributed by atoms with E-state index >= 15 is 0 Å². The Morgan fingerprint density at radius 3 is 2.04 bits per heavy atom. The van der Waals surface area contributed by atoms with E-state index in [1.54, 1.807) is 0 Å². The van der Waals surface area contributed by atoms with Crippen molar-refractivity contribution in [1.82, 2.24) is 15.0 Å². The van der Waals surface area contributed by atoms with Gasteiger partial charge in [-0.05, 0) is 53.2 Å². The highest BCUT2D eigenvalue weighted by Crippen LogP contribution is 2.14. The van der Waals surface area contributed by atoms with Crippen molar-refractivity contribution >= 4 is 0 Å². The SMILES string of the molecule is Cc1ccc(-n2nc(-c3ccccc3)n[n+]2-c2ccccc2)cc1. The van der Waals surface area contributed by atoms with Crippen LogP contribution in [0.15, 0.2) is 84.9 Å². The maximum Gasteiger partial charge on any atom is 0.340 e. The summed E-state index contributed by atoms with van der Waals surface area (Å²) in [6.07, 6.45) is 0. The number of aromatic nitrogens is 4. The molecular weight excluding hydrogens is 296 g/mol. The molecule has 116 valence electrons. The number of aryl methyl sites for hydroxylation is 1. The molecule has 0 N–H and O–H groups in total. The van der Waals surface area contributed by atoms with Gasteiger partial charge < -0.3 is 0 Å². The fourth-order valence-corrected chi connectivity index (χ4v) is 2.56. The number of hydrogen-bond acceptors (Lipinski definition) is 2. The molecule has 0 radical (unpaired) electrons. The van der Waals surface area contributed by atoms with Gasteiger partial charge in [0.15, 0.2) is 5.69 Å². The number of tetrazole rings is 1. The van der Waals surface area contributed by atoms with Crippen LogP contribution in [0.4, 0.5) is 0 Å². The molecule has 4 heteroatoms. The monoisotopic (exact) mass is 313 g/mol. The van der Waals surface area contributed by atoms with Crippen LogP contribution in [0.3, 0.4) is 0 Å². The normalized spacial score (nSPS) is 10.7. The molecule has 0 aliphatic heterocycles. The molecule has 0 fully saturated rings. The predicted molar refractivity (Wildman–Crippen MR) is 93.1 cm³/mol. The minimum Gasteiger partial charge on any atom is -0.0622 e. The fraction of sp³-hybridized carbons (Fsp3) is 0.0500. The van der Waals surface area contributed by atoms with E-state index in [1.807, 2.05) is 70.3 Å². The highest BCUT2D eigenvalue weighted by Gasteiger charge is 2.22. The average molecular weight is 313 g/mol. The average Bonchev–Trinajstić information content (AvgIpc) is 3.09. The minimum absolute atomic E-state index is 0.694. The summed E-state index contributed by atoms with van der Waals surface area (Å²) in [5.74, 6) is 0.694. The Morgan fingerprint density at radius 2 is 1.38 bits per heavy atom. The molecule has 1 aromatic heterocycles. The number of rotatable bonds is 3. The number of benzene rings is 3. The molecule has 0 unspecified atom stereocenters. The Kier molecular flexibility index (Phi) is 3.63. The third-order valence-corrected chi connectivity index (χ3v) is 3.84. The van der Waals surface area contributed by atoms with Crippen LogP contribution >= 0.6 is 0 Å². The summed E-state index contributed by atoms with van der Waals surface area (Å²) in [7, 11) is 0. The molecule has 0 aliphatic carbocycles. The van der Waals surface area contributed by atoms with Crippen LogP contribution in [-0.2, 0) is 0 Å². The van der Waals surface area contributed by atoms with Crippen molar-refractivity contribution < 1.29 is 4.80 Å². The van der Waals surface area contributed by atoms with Gasteiger partial charge in [-0.1, -0.05) is 54.1 Å². The molecule has 24 heavy (non-hydrogen) atoms. The Labute approximate surface area is 140 Å². The van der Waals surface area contributed by atoms with Crippen molar-refractivity contribution in [1.29, 1.82) is 0 Å². The van der Waals surface area contributed by atoms with Crippen LogP contribution < -0.4 is 4.80 Å². The smallest absolute Gasteiger partial charge is 0.0622 e. The van der Waals surface area contributed by atoms with E-state index in [-0.39, 0.29) is 0 Å². The maximum atomic E-state index is 4.73. The first-order chi connectivity index (χ1) is 11.8. The highest BCUT2D eigenvalue weighted by atomic mass is 15.7. The van der Waals surface area contributed by atoms with E-state index in [4.69, 9.17) is 10.2 Å². The summed E-state index contributed by atoms with van der Waals surface area (Å²) in [4.78, 5) is 3.66. The third kappa shape index (κ3) is 2.70. The molecule has 0 amide bonds. The second-order valence-electron chi connectivity index (χ2n) is 5.64. The largest absolute Gasteiger partial charge is 0.340 e. The minimum atomic E-state index is 0.694. The molecule has 0 atom stereocenters. The maximum absolute atomic E-state index is 4.73. The standard InChI is InChI=1S/C20H17N4/c1-16-12-14-19(15-13-16)24-22-20(17-8-4-2-5-9-17)21-23(24)18-10-6-3-7-11-18/h2-15H,1H3/q+1. The number of nitrogens with zero attached hydrogens (tertiary/aromatic N) is 4. The molecule has 0 aliphatic rings. The van der Waals surface area contributed by atoms with Crippen molar-refractivity contribution in [2.45, 2.75) is 6.92 Å². The molecule has 3 aromatic carbocycles. The van der Waals surface area contributed by atoms with Crippen LogP contribution in [0, 0.1) is 6.92 Å². The predicted octanol–water partition coefficient (Wildman–Crippen LogP) is 3.52. The highest BCUT2D eigenvalue weighted by molar-refractivity contribution is 5.53. The van der Waals surface area contributed by atoms with Crippen molar-refractivity contribution in [3.63, 3.8) is 0 Å². The molecular formula is C20H17N4+.